The summed E-state index contributed by atoms with van der Waals surface area (Å²) in [5.41, 5.74) is 12.7. The molecule has 3 nitrogen and oxygen atoms in total. The topological polar surface area (TPSA) is 64.9 Å². The molecule has 0 unspecified atom stereocenters. The van der Waals surface area contributed by atoms with E-state index in [1.165, 1.54) is 5.56 Å². The number of benzene rings is 1. The van der Waals surface area contributed by atoms with Gasteiger partial charge >= 0.3 is 0 Å². The molecular weight excluding hydrogens is 198 g/mol. The Kier molecular flexibility index (Phi) is 5.66. The van der Waals surface area contributed by atoms with Crippen LogP contribution in [0.15, 0.2) is 54.9 Å². The number of nitrogens with two attached hydrogens (primary N) is 2. The van der Waals surface area contributed by atoms with Gasteiger partial charge in [-0.25, -0.2) is 0 Å². The van der Waals surface area contributed by atoms with E-state index in [1.54, 1.807) is 24.5 Å². The third-order valence-corrected chi connectivity index (χ3v) is 1.96. The van der Waals surface area contributed by atoms with Crippen molar-refractivity contribution in [1.29, 1.82) is 0 Å². The molecule has 0 aliphatic carbocycles. The highest BCUT2D eigenvalue weighted by Crippen LogP contribution is 1.96. The van der Waals surface area contributed by atoms with Crippen LogP contribution in [-0.4, -0.2) is 11.5 Å². The van der Waals surface area contributed by atoms with Gasteiger partial charge in [-0.1, -0.05) is 30.3 Å². The fourth-order valence-corrected chi connectivity index (χ4v) is 1.19. The highest BCUT2D eigenvalue weighted by Gasteiger charge is 1.84. The third kappa shape index (κ3) is 5.12. The number of anilines is 1. The lowest BCUT2D eigenvalue weighted by Crippen LogP contribution is -2.01. The molecule has 1 aromatic carbocycles. The Labute approximate surface area is 96.1 Å². The Morgan fingerprint density at radius 1 is 1.00 bits per heavy atom. The Bertz CT molecular complexity index is 373. The van der Waals surface area contributed by atoms with Crippen LogP contribution in [0.25, 0.3) is 0 Å². The summed E-state index contributed by atoms with van der Waals surface area (Å²) in [4.78, 5) is 3.76. The van der Waals surface area contributed by atoms with Crippen molar-refractivity contribution in [3.8, 4) is 0 Å². The normalized spacial score (nSPS) is 9.06. The maximum atomic E-state index is 5.36. The van der Waals surface area contributed by atoms with E-state index in [0.29, 0.717) is 5.69 Å². The summed E-state index contributed by atoms with van der Waals surface area (Å²) >= 11 is 0. The predicted octanol–water partition coefficient (Wildman–Crippen LogP) is 1.85. The van der Waals surface area contributed by atoms with E-state index in [2.05, 4.69) is 17.1 Å². The van der Waals surface area contributed by atoms with Crippen LogP contribution in [0.4, 0.5) is 5.69 Å². The number of rotatable bonds is 2. The minimum atomic E-state index is 0.711. The van der Waals surface area contributed by atoms with Crippen molar-refractivity contribution in [2.24, 2.45) is 5.73 Å². The average molecular weight is 215 g/mol. The Morgan fingerprint density at radius 2 is 1.75 bits per heavy atom. The molecule has 4 N–H and O–H groups in total. The van der Waals surface area contributed by atoms with Gasteiger partial charge in [0.05, 0.1) is 5.69 Å². The number of nitrogen functional groups attached to an aromatic ring is 1. The predicted molar refractivity (Wildman–Crippen MR) is 67.8 cm³/mol. The summed E-state index contributed by atoms with van der Waals surface area (Å²) < 4.78 is 0. The minimum Gasteiger partial charge on any atom is -0.397 e. The molecule has 0 saturated carbocycles. The molecule has 0 fully saturated rings. The summed E-state index contributed by atoms with van der Waals surface area (Å²) in [5.74, 6) is 0. The average Bonchev–Trinajstić information content (AvgIpc) is 2.33. The maximum absolute atomic E-state index is 5.36. The highest BCUT2D eigenvalue weighted by molar-refractivity contribution is 5.32. The van der Waals surface area contributed by atoms with Gasteiger partial charge in [-0.3, -0.25) is 4.98 Å². The van der Waals surface area contributed by atoms with Crippen LogP contribution in [0, 0.1) is 0 Å². The largest absolute Gasteiger partial charge is 0.397 e. The SMILES string of the molecule is NCCc1ccccc1.Nc1cccnc1. The zero-order valence-electron chi connectivity index (χ0n) is 9.21. The van der Waals surface area contributed by atoms with E-state index in [-0.39, 0.29) is 0 Å². The Hall–Kier alpha value is -1.87. The molecule has 0 aliphatic rings. The number of hydrogen-bond acceptors (Lipinski definition) is 3. The lowest BCUT2D eigenvalue weighted by molar-refractivity contribution is 0.969. The van der Waals surface area contributed by atoms with Gasteiger partial charge in [-0.2, -0.15) is 0 Å². The minimum absolute atomic E-state index is 0.711. The van der Waals surface area contributed by atoms with Gasteiger partial charge in [0.15, 0.2) is 0 Å². The van der Waals surface area contributed by atoms with Gasteiger partial charge in [0.2, 0.25) is 0 Å². The summed E-state index contributed by atoms with van der Waals surface area (Å²) in [6.07, 6.45) is 4.29. The van der Waals surface area contributed by atoms with Crippen molar-refractivity contribution in [3.63, 3.8) is 0 Å². The van der Waals surface area contributed by atoms with E-state index in [1.807, 2.05) is 18.2 Å². The molecule has 0 bridgehead atoms. The van der Waals surface area contributed by atoms with Crippen molar-refractivity contribution in [1.82, 2.24) is 4.98 Å². The molecule has 0 radical (unpaired) electrons. The smallest absolute Gasteiger partial charge is 0.0500 e. The van der Waals surface area contributed by atoms with Crippen LogP contribution in [0.2, 0.25) is 0 Å². The van der Waals surface area contributed by atoms with Crippen LogP contribution < -0.4 is 11.5 Å². The van der Waals surface area contributed by atoms with Gasteiger partial charge in [0.1, 0.15) is 0 Å². The third-order valence-electron chi connectivity index (χ3n) is 1.96. The first-order valence-electron chi connectivity index (χ1n) is 5.22. The van der Waals surface area contributed by atoms with Gasteiger partial charge < -0.3 is 11.5 Å². The van der Waals surface area contributed by atoms with E-state index in [0.717, 1.165) is 13.0 Å². The molecular formula is C13H17N3. The molecule has 0 saturated heterocycles. The standard InChI is InChI=1S/C8H11N.C5H6N2/c9-7-6-8-4-2-1-3-5-8;6-5-2-1-3-7-4-5/h1-5H,6-7,9H2;1-4H,6H2. The molecule has 1 aromatic heterocycles. The van der Waals surface area contributed by atoms with E-state index >= 15 is 0 Å². The molecule has 2 rings (SSSR count). The maximum Gasteiger partial charge on any atom is 0.0500 e. The Balaban J connectivity index is 0.000000165. The molecule has 84 valence electrons. The fraction of sp³-hybridized carbons (Fsp3) is 0.154. The van der Waals surface area contributed by atoms with Crippen LogP contribution in [0.5, 0.6) is 0 Å². The van der Waals surface area contributed by atoms with Gasteiger partial charge in [0.25, 0.3) is 0 Å². The summed E-state index contributed by atoms with van der Waals surface area (Å²) in [6.45, 7) is 0.740. The van der Waals surface area contributed by atoms with Crippen molar-refractivity contribution >= 4 is 5.69 Å². The second-order valence-corrected chi connectivity index (χ2v) is 3.31. The highest BCUT2D eigenvalue weighted by atomic mass is 14.7. The first-order valence-corrected chi connectivity index (χ1v) is 5.22. The second-order valence-electron chi connectivity index (χ2n) is 3.31. The van der Waals surface area contributed by atoms with E-state index in [4.69, 9.17) is 11.5 Å². The zero-order valence-corrected chi connectivity index (χ0v) is 9.21. The first kappa shape index (κ1) is 12.2. The molecule has 16 heavy (non-hydrogen) atoms. The zero-order chi connectivity index (χ0) is 11.6. The number of hydrogen-bond donors (Lipinski definition) is 2. The summed E-state index contributed by atoms with van der Waals surface area (Å²) in [7, 11) is 0. The second kappa shape index (κ2) is 7.43. The number of nitrogens with zero attached hydrogens (tertiary/aromatic N) is 1. The van der Waals surface area contributed by atoms with E-state index in [9.17, 15) is 0 Å². The molecule has 0 amide bonds. The van der Waals surface area contributed by atoms with Gasteiger partial charge in [-0.15, -0.1) is 0 Å². The fourth-order valence-electron chi connectivity index (χ4n) is 1.19. The summed E-state index contributed by atoms with van der Waals surface area (Å²) in [5, 5.41) is 0. The molecule has 3 heteroatoms. The van der Waals surface area contributed by atoms with Crippen molar-refractivity contribution < 1.29 is 0 Å². The number of aromatic nitrogens is 1. The number of pyridine rings is 1. The van der Waals surface area contributed by atoms with E-state index < -0.39 is 0 Å². The molecule has 0 aliphatic heterocycles. The summed E-state index contributed by atoms with van der Waals surface area (Å²) in [6, 6.07) is 13.9. The van der Waals surface area contributed by atoms with Gasteiger partial charge in [0, 0.05) is 12.4 Å². The quantitative estimate of drug-likeness (QED) is 0.803. The Morgan fingerprint density at radius 3 is 2.19 bits per heavy atom. The molecule has 2 aromatic rings. The molecule has 0 spiro atoms. The molecule has 0 atom stereocenters. The van der Waals surface area contributed by atoms with Crippen molar-refractivity contribution in [2.45, 2.75) is 6.42 Å². The van der Waals surface area contributed by atoms with Crippen LogP contribution >= 0.6 is 0 Å². The van der Waals surface area contributed by atoms with Crippen molar-refractivity contribution in [2.75, 3.05) is 12.3 Å². The van der Waals surface area contributed by atoms with Crippen LogP contribution in [-0.2, 0) is 6.42 Å². The van der Waals surface area contributed by atoms with Crippen LogP contribution in [0.1, 0.15) is 5.56 Å². The monoisotopic (exact) mass is 215 g/mol. The van der Waals surface area contributed by atoms with Crippen molar-refractivity contribution in [3.05, 3.63) is 60.4 Å². The lowest BCUT2D eigenvalue weighted by atomic mass is 10.2. The van der Waals surface area contributed by atoms with Crippen LogP contribution in [0.3, 0.4) is 0 Å². The molecule has 1 heterocycles. The van der Waals surface area contributed by atoms with Gasteiger partial charge in [-0.05, 0) is 30.7 Å². The first-order chi connectivity index (χ1) is 7.83. The lowest BCUT2D eigenvalue weighted by Gasteiger charge is -1.93.